The lowest BCUT2D eigenvalue weighted by Gasteiger charge is -1.95. The Morgan fingerprint density at radius 1 is 1.50 bits per heavy atom. The van der Waals surface area contributed by atoms with Crippen LogP contribution in [0.25, 0.3) is 0 Å². The third-order valence-electron chi connectivity index (χ3n) is 1.28. The quantitative estimate of drug-likeness (QED) is 0.421. The molecule has 1 rings (SSSR count). The Balaban J connectivity index is 3.21. The predicted octanol–water partition coefficient (Wildman–Crippen LogP) is 0.411. The van der Waals surface area contributed by atoms with Gasteiger partial charge in [0.15, 0.2) is 6.29 Å². The molecule has 0 saturated heterocycles. The van der Waals surface area contributed by atoms with Crippen LogP contribution in [0.2, 0.25) is 5.02 Å². The van der Waals surface area contributed by atoms with Crippen LogP contribution in [-0.2, 0) is 0 Å². The van der Waals surface area contributed by atoms with Gasteiger partial charge in [0.1, 0.15) is 7.85 Å². The van der Waals surface area contributed by atoms with Gasteiger partial charge in [0.2, 0.25) is 0 Å². The Labute approximate surface area is 65.4 Å². The first-order chi connectivity index (χ1) is 4.74. The fourth-order valence-electron chi connectivity index (χ4n) is 0.753. The number of benzene rings is 1. The zero-order valence-corrected chi connectivity index (χ0v) is 6.35. The van der Waals surface area contributed by atoms with Crippen LogP contribution in [-0.4, -0.2) is 14.1 Å². The molecule has 0 bridgehead atoms. The van der Waals surface area contributed by atoms with E-state index in [9.17, 15) is 4.79 Å². The second kappa shape index (κ2) is 2.89. The van der Waals surface area contributed by atoms with Gasteiger partial charge in [-0.1, -0.05) is 29.2 Å². The number of halogens is 1. The van der Waals surface area contributed by atoms with Crippen molar-refractivity contribution in [2.24, 2.45) is 0 Å². The Morgan fingerprint density at radius 2 is 2.20 bits per heavy atom. The molecule has 0 radical (unpaired) electrons. The minimum absolute atomic E-state index is 0.514. The van der Waals surface area contributed by atoms with Crippen molar-refractivity contribution in [2.45, 2.75) is 0 Å². The maximum Gasteiger partial charge on any atom is 0.151 e. The summed E-state index contributed by atoms with van der Waals surface area (Å²) in [5.74, 6) is 0. The average Bonchev–Trinajstić information content (AvgIpc) is 1.94. The van der Waals surface area contributed by atoms with Crippen LogP contribution >= 0.6 is 11.6 Å². The van der Waals surface area contributed by atoms with Gasteiger partial charge in [0, 0.05) is 5.56 Å². The summed E-state index contributed by atoms with van der Waals surface area (Å²) in [6.07, 6.45) is 0.759. The van der Waals surface area contributed by atoms with Crippen molar-refractivity contribution in [3.8, 4) is 0 Å². The van der Waals surface area contributed by atoms with Crippen molar-refractivity contribution < 1.29 is 4.79 Å². The van der Waals surface area contributed by atoms with Crippen molar-refractivity contribution in [1.82, 2.24) is 0 Å². The smallest absolute Gasteiger partial charge is 0.151 e. The molecule has 0 atom stereocenters. The van der Waals surface area contributed by atoms with Gasteiger partial charge in [0.05, 0.1) is 5.02 Å². The van der Waals surface area contributed by atoms with Crippen LogP contribution < -0.4 is 5.46 Å². The van der Waals surface area contributed by atoms with Gasteiger partial charge in [-0.05, 0) is 6.07 Å². The van der Waals surface area contributed by atoms with Crippen LogP contribution in [0.1, 0.15) is 10.4 Å². The number of rotatable bonds is 1. The first kappa shape index (κ1) is 7.35. The largest absolute Gasteiger partial charge is 0.298 e. The summed E-state index contributed by atoms with van der Waals surface area (Å²) >= 11 is 5.67. The Hall–Kier alpha value is -0.755. The van der Waals surface area contributed by atoms with E-state index in [-0.39, 0.29) is 0 Å². The number of carbonyl (C=O) groups is 1. The molecule has 0 fully saturated rings. The van der Waals surface area contributed by atoms with E-state index in [0.29, 0.717) is 10.6 Å². The van der Waals surface area contributed by atoms with E-state index in [4.69, 9.17) is 11.6 Å². The SMILES string of the molecule is Bc1ccc(Cl)c(C=O)c1. The molecule has 1 nitrogen and oxygen atoms in total. The summed E-state index contributed by atoms with van der Waals surface area (Å²) in [4.78, 5) is 10.3. The molecule has 0 N–H and O–H groups in total. The number of carbonyl (C=O) groups excluding carboxylic acids is 1. The third kappa shape index (κ3) is 1.39. The van der Waals surface area contributed by atoms with E-state index >= 15 is 0 Å². The van der Waals surface area contributed by atoms with Crippen LogP contribution in [0.15, 0.2) is 18.2 Å². The fourth-order valence-corrected chi connectivity index (χ4v) is 0.916. The fraction of sp³-hybridized carbons (Fsp3) is 0. The van der Waals surface area contributed by atoms with Gasteiger partial charge in [-0.3, -0.25) is 4.79 Å². The average molecular weight is 152 g/mol. The molecule has 0 saturated carbocycles. The lowest BCUT2D eigenvalue weighted by atomic mass is 9.95. The Bertz CT molecular complexity index is 260. The second-order valence-electron chi connectivity index (χ2n) is 2.14. The highest BCUT2D eigenvalue weighted by Gasteiger charge is 1.96. The molecule has 50 valence electrons. The highest BCUT2D eigenvalue weighted by Crippen LogP contribution is 2.10. The summed E-state index contributed by atoms with van der Waals surface area (Å²) < 4.78 is 0. The molecule has 0 aliphatic rings. The van der Waals surface area contributed by atoms with E-state index in [2.05, 4.69) is 0 Å². The standard InChI is InChI=1S/C7H6BClO/c8-6-1-2-7(9)5(3-6)4-10/h1-4H,8H2. The van der Waals surface area contributed by atoms with Crippen LogP contribution in [0.4, 0.5) is 0 Å². The van der Waals surface area contributed by atoms with Crippen LogP contribution in [0.5, 0.6) is 0 Å². The molecule has 0 aliphatic carbocycles. The molecular weight excluding hydrogens is 146 g/mol. The number of hydrogen-bond acceptors (Lipinski definition) is 1. The third-order valence-corrected chi connectivity index (χ3v) is 1.62. The van der Waals surface area contributed by atoms with E-state index in [0.717, 1.165) is 11.7 Å². The summed E-state index contributed by atoms with van der Waals surface area (Å²) in [6, 6.07) is 5.35. The van der Waals surface area contributed by atoms with Crippen LogP contribution in [0, 0.1) is 0 Å². The van der Waals surface area contributed by atoms with E-state index in [1.54, 1.807) is 12.1 Å². The lowest BCUT2D eigenvalue weighted by Crippen LogP contribution is -2.02. The van der Waals surface area contributed by atoms with Crippen molar-refractivity contribution in [1.29, 1.82) is 0 Å². The molecule has 0 spiro atoms. The van der Waals surface area contributed by atoms with Crippen molar-refractivity contribution in [3.63, 3.8) is 0 Å². The summed E-state index contributed by atoms with van der Waals surface area (Å²) in [7, 11) is 1.92. The van der Waals surface area contributed by atoms with Crippen molar-refractivity contribution >= 4 is 31.2 Å². The minimum Gasteiger partial charge on any atom is -0.298 e. The molecule has 1 aromatic rings. The highest BCUT2D eigenvalue weighted by molar-refractivity contribution is 6.36. The zero-order chi connectivity index (χ0) is 7.56. The van der Waals surface area contributed by atoms with Gasteiger partial charge in [-0.15, -0.1) is 0 Å². The maximum atomic E-state index is 10.3. The molecule has 1 aromatic carbocycles. The molecular formula is C7H6BClO. The summed E-state index contributed by atoms with van der Waals surface area (Å²) in [5.41, 5.74) is 1.60. The van der Waals surface area contributed by atoms with Gasteiger partial charge < -0.3 is 0 Å². The second-order valence-corrected chi connectivity index (χ2v) is 2.55. The first-order valence-electron chi connectivity index (χ1n) is 2.95. The molecule has 0 unspecified atom stereocenters. The zero-order valence-electron chi connectivity index (χ0n) is 5.60. The molecule has 0 amide bonds. The summed E-state index contributed by atoms with van der Waals surface area (Å²) in [6.45, 7) is 0. The van der Waals surface area contributed by atoms with Gasteiger partial charge in [-0.2, -0.15) is 0 Å². The van der Waals surface area contributed by atoms with Crippen molar-refractivity contribution in [3.05, 3.63) is 28.8 Å². The minimum atomic E-state index is 0.514. The van der Waals surface area contributed by atoms with Gasteiger partial charge in [-0.25, -0.2) is 0 Å². The van der Waals surface area contributed by atoms with Gasteiger partial charge in [0.25, 0.3) is 0 Å². The number of hydrogen-bond donors (Lipinski definition) is 0. The molecule has 3 heteroatoms. The highest BCUT2D eigenvalue weighted by atomic mass is 35.5. The lowest BCUT2D eigenvalue weighted by molar-refractivity contribution is 0.112. The molecule has 0 heterocycles. The molecule has 10 heavy (non-hydrogen) atoms. The maximum absolute atomic E-state index is 10.3. The molecule has 0 aliphatic heterocycles. The normalized spacial score (nSPS) is 9.30. The predicted molar refractivity (Wildman–Crippen MR) is 45.0 cm³/mol. The number of aldehydes is 1. The Kier molecular flexibility index (Phi) is 2.12. The molecule has 0 aromatic heterocycles. The first-order valence-corrected chi connectivity index (χ1v) is 3.33. The van der Waals surface area contributed by atoms with E-state index in [1.807, 2.05) is 13.9 Å². The monoisotopic (exact) mass is 152 g/mol. The van der Waals surface area contributed by atoms with E-state index < -0.39 is 0 Å². The topological polar surface area (TPSA) is 17.1 Å². The van der Waals surface area contributed by atoms with Crippen LogP contribution in [0.3, 0.4) is 0 Å². The van der Waals surface area contributed by atoms with Crippen molar-refractivity contribution in [2.75, 3.05) is 0 Å². The Morgan fingerprint density at radius 3 is 2.70 bits per heavy atom. The van der Waals surface area contributed by atoms with E-state index in [1.165, 1.54) is 0 Å². The summed E-state index contributed by atoms with van der Waals surface area (Å²) in [5, 5.41) is 0.514. The van der Waals surface area contributed by atoms with Gasteiger partial charge >= 0.3 is 0 Å².